The van der Waals surface area contributed by atoms with Crippen LogP contribution in [0.25, 0.3) is 0 Å². The van der Waals surface area contributed by atoms with E-state index in [2.05, 4.69) is 5.32 Å². The third-order valence-electron chi connectivity index (χ3n) is 3.44. The number of hydrogen-bond donors (Lipinski definition) is 1. The molecule has 20 heavy (non-hydrogen) atoms. The molecule has 0 radical (unpaired) electrons. The Bertz CT molecular complexity index is 557. The number of non-ortho nitro benzene ring substituents is 1. The highest BCUT2D eigenvalue weighted by molar-refractivity contribution is 5.98. The zero-order valence-electron chi connectivity index (χ0n) is 10.9. The van der Waals surface area contributed by atoms with Gasteiger partial charge in [-0.2, -0.15) is 0 Å². The van der Waals surface area contributed by atoms with Gasteiger partial charge in [-0.3, -0.25) is 14.9 Å². The van der Waals surface area contributed by atoms with Gasteiger partial charge < -0.3 is 15.0 Å². The van der Waals surface area contributed by atoms with E-state index in [9.17, 15) is 14.9 Å². The van der Waals surface area contributed by atoms with Crippen molar-refractivity contribution in [1.29, 1.82) is 0 Å². The second-order valence-corrected chi connectivity index (χ2v) is 4.97. The minimum absolute atomic E-state index is 0.0196. The van der Waals surface area contributed by atoms with E-state index in [1.165, 1.54) is 25.0 Å². The number of nitrogens with one attached hydrogen (secondary N) is 1. The average molecular weight is 277 g/mol. The maximum atomic E-state index is 11.9. The van der Waals surface area contributed by atoms with E-state index in [0.29, 0.717) is 30.6 Å². The summed E-state index contributed by atoms with van der Waals surface area (Å²) in [6.45, 7) is 1.15. The first-order chi connectivity index (χ1) is 9.65. The lowest BCUT2D eigenvalue weighted by Gasteiger charge is -2.29. The first-order valence-corrected chi connectivity index (χ1v) is 6.60. The van der Waals surface area contributed by atoms with Crippen LogP contribution in [0.1, 0.15) is 12.8 Å². The second kappa shape index (κ2) is 5.09. The molecule has 1 saturated carbocycles. The molecule has 1 heterocycles. The topological polar surface area (TPSA) is 84.7 Å². The Hall–Kier alpha value is -2.15. The maximum Gasteiger partial charge on any atom is 0.271 e. The van der Waals surface area contributed by atoms with E-state index in [1.807, 2.05) is 0 Å². The minimum atomic E-state index is -0.472. The minimum Gasteiger partial charge on any atom is -0.482 e. The molecule has 106 valence electrons. The Morgan fingerprint density at radius 3 is 2.95 bits per heavy atom. The van der Waals surface area contributed by atoms with Crippen molar-refractivity contribution >= 4 is 17.3 Å². The fourth-order valence-corrected chi connectivity index (χ4v) is 2.22. The molecule has 0 aromatic heterocycles. The zero-order valence-corrected chi connectivity index (χ0v) is 10.9. The molecular formula is C13H15N3O4. The number of hydrogen-bond acceptors (Lipinski definition) is 5. The van der Waals surface area contributed by atoms with Gasteiger partial charge in [0.05, 0.1) is 10.6 Å². The number of carbonyl (C=O) groups excluding carboxylic acids is 1. The molecule has 1 N–H and O–H groups in total. The molecule has 1 fully saturated rings. The summed E-state index contributed by atoms with van der Waals surface area (Å²) < 4.78 is 5.31. The van der Waals surface area contributed by atoms with Crippen LogP contribution in [-0.4, -0.2) is 36.6 Å². The van der Waals surface area contributed by atoms with Gasteiger partial charge in [-0.1, -0.05) is 0 Å². The molecule has 0 saturated heterocycles. The summed E-state index contributed by atoms with van der Waals surface area (Å²) in [7, 11) is 0. The molecule has 1 aliphatic heterocycles. The van der Waals surface area contributed by atoms with E-state index in [-0.39, 0.29) is 18.2 Å². The number of anilines is 1. The van der Waals surface area contributed by atoms with Crippen LogP contribution in [0.15, 0.2) is 18.2 Å². The van der Waals surface area contributed by atoms with E-state index < -0.39 is 4.92 Å². The van der Waals surface area contributed by atoms with E-state index in [4.69, 9.17) is 4.74 Å². The van der Waals surface area contributed by atoms with Crippen molar-refractivity contribution in [3.63, 3.8) is 0 Å². The van der Waals surface area contributed by atoms with Crippen LogP contribution in [0.3, 0.4) is 0 Å². The zero-order chi connectivity index (χ0) is 14.1. The monoisotopic (exact) mass is 277 g/mol. The summed E-state index contributed by atoms with van der Waals surface area (Å²) in [6, 6.07) is 4.88. The smallest absolute Gasteiger partial charge is 0.271 e. The summed E-state index contributed by atoms with van der Waals surface area (Å²) >= 11 is 0. The number of amides is 1. The highest BCUT2D eigenvalue weighted by Gasteiger charge is 2.28. The third-order valence-corrected chi connectivity index (χ3v) is 3.44. The molecule has 7 heteroatoms. The van der Waals surface area contributed by atoms with Crippen LogP contribution in [0.4, 0.5) is 11.4 Å². The van der Waals surface area contributed by atoms with Crippen LogP contribution < -0.4 is 15.0 Å². The highest BCUT2D eigenvalue weighted by Crippen LogP contribution is 2.35. The van der Waals surface area contributed by atoms with Gasteiger partial charge in [-0.05, 0) is 18.9 Å². The Labute approximate surface area is 115 Å². The normalized spacial score (nSPS) is 17.6. The molecule has 1 aliphatic carbocycles. The predicted octanol–water partition coefficient (Wildman–Crippen LogP) is 1.07. The van der Waals surface area contributed by atoms with Gasteiger partial charge in [-0.15, -0.1) is 0 Å². The molecule has 1 aromatic carbocycles. The van der Waals surface area contributed by atoms with Crippen molar-refractivity contribution in [1.82, 2.24) is 5.32 Å². The lowest BCUT2D eigenvalue weighted by atomic mass is 10.2. The number of nitro benzene ring substituents is 1. The molecule has 0 spiro atoms. The molecular weight excluding hydrogens is 262 g/mol. The molecule has 0 unspecified atom stereocenters. The van der Waals surface area contributed by atoms with Gasteiger partial charge in [-0.25, -0.2) is 0 Å². The number of carbonyl (C=O) groups is 1. The highest BCUT2D eigenvalue weighted by atomic mass is 16.6. The lowest BCUT2D eigenvalue weighted by molar-refractivity contribution is -0.384. The summed E-state index contributed by atoms with van der Waals surface area (Å²) in [4.78, 5) is 23.9. The lowest BCUT2D eigenvalue weighted by Crippen LogP contribution is -2.42. The Balaban J connectivity index is 1.80. The summed E-state index contributed by atoms with van der Waals surface area (Å²) in [5.74, 6) is 0.345. The van der Waals surface area contributed by atoms with Crippen molar-refractivity contribution in [2.24, 2.45) is 0 Å². The predicted molar refractivity (Wildman–Crippen MR) is 72.0 cm³/mol. The summed E-state index contributed by atoms with van der Waals surface area (Å²) in [5, 5.41) is 14.2. The largest absolute Gasteiger partial charge is 0.482 e. The van der Waals surface area contributed by atoms with Gasteiger partial charge in [0.2, 0.25) is 0 Å². The number of rotatable bonds is 5. The SMILES string of the molecule is O=C1COc2ccc([N+](=O)[O-])cc2N1CCNC1CC1. The van der Waals surface area contributed by atoms with E-state index >= 15 is 0 Å². The third kappa shape index (κ3) is 2.57. The number of nitrogens with zero attached hydrogens (tertiary/aromatic N) is 2. The van der Waals surface area contributed by atoms with Crippen molar-refractivity contribution in [2.75, 3.05) is 24.6 Å². The van der Waals surface area contributed by atoms with Gasteiger partial charge in [0.15, 0.2) is 6.61 Å². The van der Waals surface area contributed by atoms with Gasteiger partial charge in [0.1, 0.15) is 5.75 Å². The van der Waals surface area contributed by atoms with Crippen LogP contribution in [-0.2, 0) is 4.79 Å². The van der Waals surface area contributed by atoms with Crippen molar-refractivity contribution in [3.05, 3.63) is 28.3 Å². The molecule has 1 amide bonds. The standard InChI is InChI=1S/C13H15N3O4/c17-13-8-20-12-4-3-10(16(18)19)7-11(12)15(13)6-5-14-9-1-2-9/h3-4,7,9,14H,1-2,5-6,8H2. The number of benzene rings is 1. The maximum absolute atomic E-state index is 11.9. The van der Waals surface area contributed by atoms with Crippen LogP contribution >= 0.6 is 0 Å². The van der Waals surface area contributed by atoms with Crippen LogP contribution in [0.5, 0.6) is 5.75 Å². The summed E-state index contributed by atoms with van der Waals surface area (Å²) in [6.07, 6.45) is 2.36. The van der Waals surface area contributed by atoms with Gasteiger partial charge in [0, 0.05) is 31.3 Å². The van der Waals surface area contributed by atoms with Gasteiger partial charge in [0.25, 0.3) is 11.6 Å². The quantitative estimate of drug-likeness (QED) is 0.643. The van der Waals surface area contributed by atoms with Gasteiger partial charge >= 0.3 is 0 Å². The molecule has 2 aliphatic rings. The molecule has 3 rings (SSSR count). The molecule has 1 aromatic rings. The average Bonchev–Trinajstić information content (AvgIpc) is 3.24. The van der Waals surface area contributed by atoms with Crippen molar-refractivity contribution in [3.8, 4) is 5.75 Å². The fraction of sp³-hybridized carbons (Fsp3) is 0.462. The Kier molecular flexibility index (Phi) is 3.27. The first kappa shape index (κ1) is 12.9. The second-order valence-electron chi connectivity index (χ2n) is 4.97. The van der Waals surface area contributed by atoms with Crippen LogP contribution in [0.2, 0.25) is 0 Å². The van der Waals surface area contributed by atoms with E-state index in [1.54, 1.807) is 11.0 Å². The Morgan fingerprint density at radius 1 is 1.45 bits per heavy atom. The van der Waals surface area contributed by atoms with Crippen molar-refractivity contribution < 1.29 is 14.5 Å². The fourth-order valence-electron chi connectivity index (χ4n) is 2.22. The van der Waals surface area contributed by atoms with E-state index in [0.717, 1.165) is 0 Å². The first-order valence-electron chi connectivity index (χ1n) is 6.60. The number of nitro groups is 1. The Morgan fingerprint density at radius 2 is 2.25 bits per heavy atom. The summed E-state index contributed by atoms with van der Waals surface area (Å²) in [5.41, 5.74) is 0.440. The number of ether oxygens (including phenoxy) is 1. The van der Waals surface area contributed by atoms with Crippen LogP contribution in [0, 0.1) is 10.1 Å². The molecule has 0 atom stereocenters. The van der Waals surface area contributed by atoms with Crippen molar-refractivity contribution in [2.45, 2.75) is 18.9 Å². The molecule has 0 bridgehead atoms. The number of fused-ring (bicyclic) bond motifs is 1. The molecule has 7 nitrogen and oxygen atoms in total.